The number of hydrogen-bond donors (Lipinski definition) is 0. The fourth-order valence-corrected chi connectivity index (χ4v) is 1.40. The third-order valence-corrected chi connectivity index (χ3v) is 2.10. The maximum absolute atomic E-state index is 13.3. The van der Waals surface area contributed by atoms with Gasteiger partial charge in [0.05, 0.1) is 5.92 Å². The highest BCUT2D eigenvalue weighted by atomic mass is 19.1. The lowest BCUT2D eigenvalue weighted by atomic mass is 9.96. The van der Waals surface area contributed by atoms with E-state index in [-0.39, 0.29) is 12.0 Å². The van der Waals surface area contributed by atoms with Gasteiger partial charge in [-0.1, -0.05) is 18.2 Å². The number of carbonyl (C=O) groups is 1. The molecule has 5 heteroatoms. The summed E-state index contributed by atoms with van der Waals surface area (Å²) in [5.41, 5.74) is 0.223. The van der Waals surface area contributed by atoms with Gasteiger partial charge in [-0.25, -0.2) is 4.39 Å². The lowest BCUT2D eigenvalue weighted by Gasteiger charge is -2.10. The number of nitro groups is 1. The fraction of sp³-hybridized carbons (Fsp3) is 0.300. The third kappa shape index (κ3) is 3.12. The summed E-state index contributed by atoms with van der Waals surface area (Å²) in [6.07, 6.45) is 0.530. The van der Waals surface area contributed by atoms with Crippen molar-refractivity contribution in [3.63, 3.8) is 0 Å². The second-order valence-electron chi connectivity index (χ2n) is 3.14. The van der Waals surface area contributed by atoms with Gasteiger partial charge in [-0.2, -0.15) is 0 Å². The average Bonchev–Trinajstić information content (AvgIpc) is 2.17. The van der Waals surface area contributed by atoms with Gasteiger partial charge in [0.1, 0.15) is 12.1 Å². The van der Waals surface area contributed by atoms with E-state index in [0.29, 0.717) is 6.29 Å². The molecule has 80 valence electrons. The Morgan fingerprint density at radius 2 is 2.13 bits per heavy atom. The second-order valence-corrected chi connectivity index (χ2v) is 3.14. The van der Waals surface area contributed by atoms with E-state index in [4.69, 9.17) is 0 Å². The molecular weight excluding hydrogens is 201 g/mol. The van der Waals surface area contributed by atoms with Crippen LogP contribution in [0.2, 0.25) is 0 Å². The summed E-state index contributed by atoms with van der Waals surface area (Å²) in [5, 5.41) is 10.3. The largest absolute Gasteiger partial charge is 0.303 e. The van der Waals surface area contributed by atoms with E-state index in [1.165, 1.54) is 18.2 Å². The number of carbonyl (C=O) groups excluding carboxylic acids is 1. The van der Waals surface area contributed by atoms with Gasteiger partial charge in [0.15, 0.2) is 0 Å². The topological polar surface area (TPSA) is 60.2 Å². The average molecular weight is 211 g/mol. The van der Waals surface area contributed by atoms with Crippen molar-refractivity contribution in [1.82, 2.24) is 0 Å². The summed E-state index contributed by atoms with van der Waals surface area (Å²) in [6.45, 7) is -0.431. The van der Waals surface area contributed by atoms with Crippen LogP contribution in [0.1, 0.15) is 17.9 Å². The first-order valence-corrected chi connectivity index (χ1v) is 4.45. The van der Waals surface area contributed by atoms with E-state index in [0.717, 1.165) is 0 Å². The molecule has 0 aliphatic rings. The summed E-state index contributed by atoms with van der Waals surface area (Å²) in [6, 6.07) is 5.79. The van der Waals surface area contributed by atoms with E-state index in [9.17, 15) is 19.3 Å². The molecule has 0 fully saturated rings. The van der Waals surface area contributed by atoms with Crippen LogP contribution < -0.4 is 0 Å². The predicted octanol–water partition coefficient (Wildman–Crippen LogP) is 1.77. The van der Waals surface area contributed by atoms with Crippen molar-refractivity contribution in [1.29, 1.82) is 0 Å². The Kier molecular flexibility index (Phi) is 3.91. The van der Waals surface area contributed by atoms with Crippen molar-refractivity contribution in [2.75, 3.05) is 6.54 Å². The fourth-order valence-electron chi connectivity index (χ4n) is 1.40. The molecule has 1 aromatic rings. The number of rotatable bonds is 5. The summed E-state index contributed by atoms with van der Waals surface area (Å²) in [4.78, 5) is 20.1. The predicted molar refractivity (Wildman–Crippen MR) is 51.7 cm³/mol. The summed E-state index contributed by atoms with van der Waals surface area (Å²) >= 11 is 0. The van der Waals surface area contributed by atoms with Crippen LogP contribution in [-0.2, 0) is 4.79 Å². The Labute approximate surface area is 85.9 Å². The monoisotopic (exact) mass is 211 g/mol. The molecular formula is C10H10FNO3. The Balaban J connectivity index is 2.92. The zero-order valence-electron chi connectivity index (χ0n) is 7.93. The van der Waals surface area contributed by atoms with E-state index >= 15 is 0 Å². The van der Waals surface area contributed by atoms with Crippen molar-refractivity contribution in [2.45, 2.75) is 12.3 Å². The summed E-state index contributed by atoms with van der Waals surface area (Å²) in [7, 11) is 0. The van der Waals surface area contributed by atoms with E-state index < -0.39 is 23.2 Å². The molecule has 0 N–H and O–H groups in total. The van der Waals surface area contributed by atoms with Crippen molar-refractivity contribution in [3.8, 4) is 0 Å². The highest BCUT2D eigenvalue weighted by Crippen LogP contribution is 2.21. The normalized spacial score (nSPS) is 12.1. The van der Waals surface area contributed by atoms with Crippen LogP contribution in [0, 0.1) is 15.9 Å². The van der Waals surface area contributed by atoms with Crippen molar-refractivity contribution in [2.24, 2.45) is 0 Å². The first-order valence-electron chi connectivity index (χ1n) is 4.45. The Bertz CT molecular complexity index is 367. The molecule has 0 spiro atoms. The van der Waals surface area contributed by atoms with Crippen molar-refractivity contribution >= 4 is 6.29 Å². The van der Waals surface area contributed by atoms with Crippen LogP contribution in [0.4, 0.5) is 4.39 Å². The Morgan fingerprint density at radius 1 is 1.47 bits per heavy atom. The summed E-state index contributed by atoms with van der Waals surface area (Å²) in [5.74, 6) is -1.19. The van der Waals surface area contributed by atoms with Crippen LogP contribution in [0.3, 0.4) is 0 Å². The lowest BCUT2D eigenvalue weighted by molar-refractivity contribution is -0.483. The Hall–Kier alpha value is -1.78. The van der Waals surface area contributed by atoms with Crippen LogP contribution in [-0.4, -0.2) is 17.8 Å². The molecule has 1 aromatic carbocycles. The first kappa shape index (κ1) is 11.3. The van der Waals surface area contributed by atoms with Crippen LogP contribution in [0.15, 0.2) is 24.3 Å². The third-order valence-electron chi connectivity index (χ3n) is 2.10. The second kappa shape index (κ2) is 5.19. The van der Waals surface area contributed by atoms with Gasteiger partial charge in [-0.15, -0.1) is 0 Å². The van der Waals surface area contributed by atoms with Crippen LogP contribution >= 0.6 is 0 Å². The van der Waals surface area contributed by atoms with Crippen molar-refractivity contribution < 1.29 is 14.1 Å². The minimum Gasteiger partial charge on any atom is -0.303 e. The van der Waals surface area contributed by atoms with Gasteiger partial charge >= 0.3 is 0 Å². The molecule has 0 aromatic heterocycles. The zero-order valence-corrected chi connectivity index (χ0v) is 7.93. The number of nitrogens with zero attached hydrogens (tertiary/aromatic N) is 1. The molecule has 0 saturated heterocycles. The molecule has 0 saturated carbocycles. The minimum absolute atomic E-state index is 0.0398. The van der Waals surface area contributed by atoms with Gasteiger partial charge in [-0.3, -0.25) is 10.1 Å². The molecule has 15 heavy (non-hydrogen) atoms. The van der Waals surface area contributed by atoms with Gasteiger partial charge in [0.25, 0.3) is 0 Å². The van der Waals surface area contributed by atoms with E-state index in [2.05, 4.69) is 0 Å². The van der Waals surface area contributed by atoms with Crippen molar-refractivity contribution in [3.05, 3.63) is 45.8 Å². The van der Waals surface area contributed by atoms with E-state index in [1.54, 1.807) is 6.07 Å². The minimum atomic E-state index is -0.682. The number of aldehydes is 1. The standard InChI is InChI=1S/C10H10FNO3/c11-10-4-2-1-3-9(10)8(5-6-13)7-12(14)15/h1-4,6,8H,5,7H2/t8-/m0/s1. The highest BCUT2D eigenvalue weighted by Gasteiger charge is 2.20. The maximum Gasteiger partial charge on any atom is 0.211 e. The number of halogens is 1. The molecule has 1 rings (SSSR count). The Morgan fingerprint density at radius 3 is 2.67 bits per heavy atom. The smallest absolute Gasteiger partial charge is 0.211 e. The van der Waals surface area contributed by atoms with Gasteiger partial charge in [0, 0.05) is 11.3 Å². The molecule has 0 amide bonds. The van der Waals surface area contributed by atoms with Gasteiger partial charge in [0.2, 0.25) is 6.54 Å². The SMILES string of the molecule is O=CC[C@@H](C[N+](=O)[O-])c1ccccc1F. The van der Waals surface area contributed by atoms with Crippen LogP contribution in [0.25, 0.3) is 0 Å². The lowest BCUT2D eigenvalue weighted by Crippen LogP contribution is -2.14. The molecule has 0 heterocycles. The highest BCUT2D eigenvalue weighted by molar-refractivity contribution is 5.51. The number of benzene rings is 1. The molecule has 0 radical (unpaired) electrons. The zero-order chi connectivity index (χ0) is 11.3. The summed E-state index contributed by atoms with van der Waals surface area (Å²) < 4.78 is 13.3. The molecule has 0 aliphatic heterocycles. The maximum atomic E-state index is 13.3. The van der Waals surface area contributed by atoms with E-state index in [1.807, 2.05) is 0 Å². The molecule has 1 atom stereocenters. The molecule has 0 aliphatic carbocycles. The number of hydrogen-bond acceptors (Lipinski definition) is 3. The van der Waals surface area contributed by atoms with Crippen LogP contribution in [0.5, 0.6) is 0 Å². The molecule has 0 unspecified atom stereocenters. The van der Waals surface area contributed by atoms with Gasteiger partial charge < -0.3 is 4.79 Å². The first-order chi connectivity index (χ1) is 7.15. The van der Waals surface area contributed by atoms with Gasteiger partial charge in [-0.05, 0) is 11.6 Å². The quantitative estimate of drug-likeness (QED) is 0.423. The molecule has 0 bridgehead atoms. The molecule has 4 nitrogen and oxygen atoms in total.